The quantitative estimate of drug-likeness (QED) is 0.0195. The zero-order valence-electron chi connectivity index (χ0n) is 45.8. The molecule has 84 heavy (non-hydrogen) atoms. The van der Waals surface area contributed by atoms with Gasteiger partial charge in [0.15, 0.2) is 0 Å². The number of amides is 3. The molecular weight excluding hydrogens is 1190 g/mol. The molecule has 8 aromatic rings. The molecule has 0 aliphatic heterocycles. The summed E-state index contributed by atoms with van der Waals surface area (Å²) in [7, 11) is 3.88. The van der Waals surface area contributed by atoms with Crippen molar-refractivity contribution in [2.24, 2.45) is 0 Å². The summed E-state index contributed by atoms with van der Waals surface area (Å²) in [4.78, 5) is 75.1. The normalized spacial score (nSPS) is 20.9. The number of alkyl halides is 1. The number of nitrogens with one attached hydrogen (secondary N) is 7. The fourth-order valence-corrected chi connectivity index (χ4v) is 12.9. The van der Waals surface area contributed by atoms with Gasteiger partial charge in [0.2, 0.25) is 23.0 Å². The number of rotatable bonds is 16. The first kappa shape index (κ1) is 61.0. The summed E-state index contributed by atoms with van der Waals surface area (Å²) in [6.45, 7) is 0.684. The van der Waals surface area contributed by atoms with Crippen molar-refractivity contribution in [2.75, 3.05) is 47.7 Å². The fraction of sp³-hybridized carbons (Fsp3) is 0.302. The van der Waals surface area contributed by atoms with Gasteiger partial charge in [-0.2, -0.15) is 0 Å². The third kappa shape index (κ3) is 14.1. The van der Waals surface area contributed by atoms with E-state index in [0.29, 0.717) is 67.7 Å². The molecule has 14 rings (SSSR count). The first-order valence-corrected chi connectivity index (χ1v) is 29.6. The van der Waals surface area contributed by atoms with Crippen LogP contribution in [-0.4, -0.2) is 106 Å². The molecule has 0 unspecified atom stereocenters. The highest BCUT2D eigenvalue weighted by molar-refractivity contribution is 9.09. The minimum Gasteiger partial charge on any atom is -0.399 e. The first-order valence-electron chi connectivity index (χ1n) is 27.3. The van der Waals surface area contributed by atoms with Crippen LogP contribution in [0.3, 0.4) is 0 Å². The Bertz CT molecular complexity index is 3740. The number of nitrogen functional groups attached to an aromatic ring is 1. The Hall–Kier alpha value is -7.61. The van der Waals surface area contributed by atoms with Gasteiger partial charge in [0, 0.05) is 108 Å². The Morgan fingerprint density at radius 2 is 1.10 bits per heavy atom. The van der Waals surface area contributed by atoms with E-state index in [1.807, 2.05) is 73.9 Å². The van der Waals surface area contributed by atoms with Crippen molar-refractivity contribution in [1.29, 1.82) is 0 Å². The number of halogens is 4. The SMILES string of the molecule is C.CN(C)C/C=C/C(=O)Nc1ccc(C(=O)NC23CCCC(Nc4ncc(Cl)c(-c5c[nH]c6ccccc56)n4)(C2)C3)cc1.Nc1ccc(C(=O)NC23CCCC(Nc4ncc(Cl)c(-c5c[nH]c6ccccc56)n4)(C2)C3)cc1.O=C(Cl)/C=C/CBr. The monoisotopic (exact) mass is 1250 g/mol. The average molecular weight is 1260 g/mol. The highest BCUT2D eigenvalue weighted by atomic mass is 79.9. The minimum absolute atomic E-state index is 0. The van der Waals surface area contributed by atoms with Crippen LogP contribution in [0, 0.1) is 0 Å². The minimum atomic E-state index is -0.431. The summed E-state index contributed by atoms with van der Waals surface area (Å²) in [6, 6.07) is 30.2. The first-order chi connectivity index (χ1) is 39.9. The molecule has 0 atom stereocenters. The molecular formula is C63H67BrCl3N13O4. The van der Waals surface area contributed by atoms with Gasteiger partial charge in [-0.3, -0.25) is 19.2 Å². The van der Waals surface area contributed by atoms with Crippen LogP contribution in [0.5, 0.6) is 0 Å². The van der Waals surface area contributed by atoms with Crippen molar-refractivity contribution in [2.45, 2.75) is 93.8 Å². The van der Waals surface area contributed by atoms with E-state index < -0.39 is 5.24 Å². The lowest BCUT2D eigenvalue weighted by molar-refractivity contribution is -0.112. The maximum absolute atomic E-state index is 13.2. The van der Waals surface area contributed by atoms with Gasteiger partial charge in [-0.25, -0.2) is 19.9 Å². The topological polar surface area (TPSA) is 241 Å². The molecule has 6 fully saturated rings. The lowest BCUT2D eigenvalue weighted by atomic mass is 9.54. The average Bonchev–Trinajstić information content (AvgIpc) is 2.17. The molecule has 0 spiro atoms. The van der Waals surface area contributed by atoms with Gasteiger partial charge in [-0.05, 0) is 157 Å². The van der Waals surface area contributed by atoms with Crippen LogP contribution in [0.2, 0.25) is 10.0 Å². The smallest absolute Gasteiger partial charge is 0.251 e. The molecule has 9 N–H and O–H groups in total. The number of hydrogen-bond donors (Lipinski definition) is 8. The largest absolute Gasteiger partial charge is 0.399 e. The number of nitrogens with zero attached hydrogens (tertiary/aromatic N) is 5. The maximum Gasteiger partial charge on any atom is 0.251 e. The molecule has 4 aromatic carbocycles. The molecule has 6 aliphatic rings. The third-order valence-corrected chi connectivity index (χ3v) is 16.7. The van der Waals surface area contributed by atoms with E-state index in [2.05, 4.69) is 68.5 Å². The van der Waals surface area contributed by atoms with Gasteiger partial charge in [0.1, 0.15) is 0 Å². The van der Waals surface area contributed by atoms with E-state index in [1.54, 1.807) is 73.1 Å². The van der Waals surface area contributed by atoms with Gasteiger partial charge in [-0.15, -0.1) is 0 Å². The number of fused-ring (bicyclic) bond motifs is 6. The van der Waals surface area contributed by atoms with Crippen LogP contribution in [0.15, 0.2) is 146 Å². The van der Waals surface area contributed by atoms with Gasteiger partial charge >= 0.3 is 0 Å². The molecule has 0 saturated heterocycles. The summed E-state index contributed by atoms with van der Waals surface area (Å²) < 4.78 is 0. The number of aromatic nitrogens is 6. The number of aromatic amines is 2. The Morgan fingerprint density at radius 1 is 0.643 bits per heavy atom. The molecule has 436 valence electrons. The van der Waals surface area contributed by atoms with Gasteiger partial charge in [-0.1, -0.05) is 95.1 Å². The van der Waals surface area contributed by atoms with Crippen LogP contribution in [0.25, 0.3) is 44.3 Å². The Balaban J connectivity index is 0.000000182. The maximum atomic E-state index is 13.2. The van der Waals surface area contributed by atoms with E-state index in [9.17, 15) is 19.2 Å². The second-order valence-electron chi connectivity index (χ2n) is 22.2. The molecule has 4 aromatic heterocycles. The molecule has 6 aliphatic carbocycles. The van der Waals surface area contributed by atoms with E-state index in [-0.39, 0.29) is 47.3 Å². The lowest BCUT2D eigenvalue weighted by Gasteiger charge is -2.61. The molecule has 17 nitrogen and oxygen atoms in total. The zero-order valence-corrected chi connectivity index (χ0v) is 49.7. The molecule has 21 heteroatoms. The Morgan fingerprint density at radius 3 is 1.54 bits per heavy atom. The molecule has 3 amide bonds. The number of likely N-dealkylation sites (N-methyl/N-ethyl adjacent to an activating group) is 1. The van der Waals surface area contributed by atoms with E-state index in [0.717, 1.165) is 97.1 Å². The van der Waals surface area contributed by atoms with Gasteiger partial charge in [0.05, 0.1) is 33.8 Å². The summed E-state index contributed by atoms with van der Waals surface area (Å²) in [6.07, 6.45) is 22.6. The van der Waals surface area contributed by atoms with Crippen LogP contribution < -0.4 is 32.3 Å². The predicted octanol–water partition coefficient (Wildman–Crippen LogP) is 13.1. The zero-order chi connectivity index (χ0) is 58.4. The lowest BCUT2D eigenvalue weighted by Crippen LogP contribution is -2.70. The number of allylic oxidation sites excluding steroid dienone is 2. The Labute approximate surface area is 511 Å². The second-order valence-corrected chi connectivity index (χ2v) is 24.0. The number of nitrogens with two attached hydrogens (primary N) is 1. The van der Waals surface area contributed by atoms with Crippen LogP contribution in [0.4, 0.5) is 23.3 Å². The number of para-hydroxylation sites is 2. The second kappa shape index (κ2) is 26.1. The van der Waals surface area contributed by atoms with Crippen LogP contribution in [0.1, 0.15) is 92.4 Å². The predicted molar refractivity (Wildman–Crippen MR) is 342 cm³/mol. The highest BCUT2D eigenvalue weighted by Gasteiger charge is 2.59. The number of H-pyrrole nitrogens is 2. The number of hydrogen-bond acceptors (Lipinski definition) is 12. The van der Waals surface area contributed by atoms with Gasteiger partial charge < -0.3 is 47.2 Å². The third-order valence-electron chi connectivity index (χ3n) is 15.7. The van der Waals surface area contributed by atoms with E-state index in [1.165, 1.54) is 12.2 Å². The fourth-order valence-electron chi connectivity index (χ4n) is 12.2. The standard InChI is InChI=1S/C32H34ClN7O2.C26H25ClN6O.C4H4BrClO.CH4/c1-40(2)16-5-9-27(41)36-22-12-10-21(11-13-22)29(42)38-31-14-6-15-32(19-31,20-31)39-30-35-18-25(33)28(37-30)24-17-34-26-8-4-3-7-23(24)26;27-20-13-30-24(31-22(20)19-12-29-21-5-2-1-4-18(19)21)33-26-11-3-10-25(14-26,15-26)32-23(34)16-6-8-17(28)9-7-16;5-3-1-2-4(6)7;/h3-5,7-13,17-18,34H,6,14-16,19-20H2,1-2H3,(H,36,41)(H,38,42)(H,35,37,39);1-2,4-9,12-13,29H,3,10-11,14-15,28H2,(H,32,34)(H,30,31,33);1-2H,3H2;1H4/b9-5+;;2-1+;. The van der Waals surface area contributed by atoms with Crippen molar-refractivity contribution in [1.82, 2.24) is 45.4 Å². The highest BCUT2D eigenvalue weighted by Crippen LogP contribution is 2.55. The van der Waals surface area contributed by atoms with E-state index >= 15 is 0 Å². The van der Waals surface area contributed by atoms with Crippen molar-refractivity contribution in [3.05, 3.63) is 167 Å². The summed E-state index contributed by atoms with van der Waals surface area (Å²) >= 11 is 21.0. The van der Waals surface area contributed by atoms with Crippen LogP contribution in [-0.2, 0) is 9.59 Å². The molecule has 4 bridgehead atoms. The number of carbonyl (C=O) groups excluding carboxylic acids is 4. The number of carbonyl (C=O) groups is 4. The summed E-state index contributed by atoms with van der Waals surface area (Å²) in [5.41, 5.74) is 12.8. The summed E-state index contributed by atoms with van der Waals surface area (Å²) in [5, 5.41) is 20.0. The molecule has 4 heterocycles. The number of anilines is 4. The number of benzene rings is 4. The van der Waals surface area contributed by atoms with Crippen molar-refractivity contribution < 1.29 is 19.2 Å². The van der Waals surface area contributed by atoms with Crippen molar-refractivity contribution in [3.8, 4) is 22.5 Å². The van der Waals surface area contributed by atoms with Crippen LogP contribution >= 0.6 is 50.7 Å². The van der Waals surface area contributed by atoms with Gasteiger partial charge in [0.25, 0.3) is 11.8 Å². The van der Waals surface area contributed by atoms with E-state index in [4.69, 9.17) is 50.5 Å². The van der Waals surface area contributed by atoms with Crippen molar-refractivity contribution in [3.63, 3.8) is 0 Å². The summed E-state index contributed by atoms with van der Waals surface area (Å²) in [5.74, 6) is 0.728. The Kier molecular flexibility index (Phi) is 19.0. The van der Waals surface area contributed by atoms with Crippen molar-refractivity contribution >= 4 is 119 Å². The molecule has 0 radical (unpaired) electrons. The molecule has 6 saturated carbocycles.